The molecule has 1 saturated heterocycles. The maximum atomic E-state index is 15.5. The van der Waals surface area contributed by atoms with E-state index >= 15 is 4.39 Å². The fourth-order valence-corrected chi connectivity index (χ4v) is 6.41. The average molecular weight is 602 g/mol. The highest BCUT2D eigenvalue weighted by atomic mass is 19.1. The van der Waals surface area contributed by atoms with E-state index in [-0.39, 0.29) is 23.9 Å². The lowest BCUT2D eigenvalue weighted by Gasteiger charge is -2.45. The normalized spacial score (nSPS) is 21.4. The number of carbonyl (C=O) groups is 1. The van der Waals surface area contributed by atoms with E-state index in [1.165, 1.54) is 12.4 Å². The van der Waals surface area contributed by atoms with E-state index in [0.29, 0.717) is 40.9 Å². The van der Waals surface area contributed by atoms with Gasteiger partial charge in [-0.1, -0.05) is 18.2 Å². The predicted molar refractivity (Wildman–Crippen MR) is 166 cm³/mol. The Morgan fingerprint density at radius 2 is 1.77 bits per heavy atom. The number of imidazole rings is 1. The predicted octanol–water partition coefficient (Wildman–Crippen LogP) is 6.27. The van der Waals surface area contributed by atoms with E-state index in [4.69, 9.17) is 20.2 Å². The summed E-state index contributed by atoms with van der Waals surface area (Å²) < 4.78 is 28.7. The summed E-state index contributed by atoms with van der Waals surface area (Å²) in [5.41, 5.74) is 7.06. The minimum absolute atomic E-state index is 0.0779. The van der Waals surface area contributed by atoms with Crippen molar-refractivity contribution in [2.45, 2.75) is 77.0 Å². The van der Waals surface area contributed by atoms with Crippen LogP contribution >= 0.6 is 0 Å². The molecule has 2 aliphatic rings. The van der Waals surface area contributed by atoms with Crippen molar-refractivity contribution < 1.29 is 18.7 Å². The number of carbonyl (C=O) groups excluding carboxylic acids is 1. The molecule has 1 unspecified atom stereocenters. The highest BCUT2D eigenvalue weighted by Crippen LogP contribution is 2.39. The number of nitrogen functional groups attached to an aromatic ring is 1. The number of hydrogen-bond acceptors (Lipinski definition) is 8. The van der Waals surface area contributed by atoms with Crippen molar-refractivity contribution >= 4 is 17.4 Å². The molecule has 6 rings (SSSR count). The van der Waals surface area contributed by atoms with Crippen molar-refractivity contribution in [3.05, 3.63) is 66.5 Å². The number of para-hydroxylation sites is 1. The first kappa shape index (κ1) is 29.8. The van der Waals surface area contributed by atoms with Gasteiger partial charge in [0.1, 0.15) is 46.3 Å². The van der Waals surface area contributed by atoms with Crippen LogP contribution in [0.2, 0.25) is 0 Å². The zero-order valence-corrected chi connectivity index (χ0v) is 25.7. The maximum Gasteiger partial charge on any atom is 0.410 e. The molecule has 10 nitrogen and oxygen atoms in total. The quantitative estimate of drug-likeness (QED) is 0.285. The Kier molecular flexibility index (Phi) is 8.15. The van der Waals surface area contributed by atoms with Gasteiger partial charge in [0, 0.05) is 49.3 Å². The van der Waals surface area contributed by atoms with Gasteiger partial charge in [-0.05, 0) is 77.6 Å². The lowest BCUT2D eigenvalue weighted by Crippen LogP contribution is -2.57. The lowest BCUT2D eigenvalue weighted by molar-refractivity contribution is -0.00759. The summed E-state index contributed by atoms with van der Waals surface area (Å²) >= 11 is 0. The first-order chi connectivity index (χ1) is 21.1. The van der Waals surface area contributed by atoms with Gasteiger partial charge in [0.2, 0.25) is 0 Å². The fraction of sp³-hybridized carbons (Fsp3) is 0.455. The molecule has 2 N–H and O–H groups in total. The smallest absolute Gasteiger partial charge is 0.410 e. The van der Waals surface area contributed by atoms with Crippen LogP contribution in [0.1, 0.15) is 65.1 Å². The molecule has 44 heavy (non-hydrogen) atoms. The molecule has 3 heterocycles. The van der Waals surface area contributed by atoms with Crippen LogP contribution in [0.25, 0.3) is 16.8 Å². The van der Waals surface area contributed by atoms with Crippen molar-refractivity contribution in [3.63, 3.8) is 0 Å². The molecule has 2 aromatic carbocycles. The van der Waals surface area contributed by atoms with Gasteiger partial charge in [0.15, 0.2) is 5.82 Å². The largest absolute Gasteiger partial charge is 0.457 e. The van der Waals surface area contributed by atoms with Crippen LogP contribution in [0.3, 0.4) is 0 Å². The molecule has 0 bridgehead atoms. The monoisotopic (exact) mass is 601 g/mol. The highest BCUT2D eigenvalue weighted by molar-refractivity contribution is 5.85. The van der Waals surface area contributed by atoms with Crippen molar-refractivity contribution in [3.8, 4) is 22.8 Å². The first-order valence-electron chi connectivity index (χ1n) is 15.3. The van der Waals surface area contributed by atoms with E-state index in [0.717, 1.165) is 44.6 Å². The van der Waals surface area contributed by atoms with Crippen LogP contribution < -0.4 is 10.5 Å². The van der Waals surface area contributed by atoms with Gasteiger partial charge >= 0.3 is 6.09 Å². The van der Waals surface area contributed by atoms with Crippen molar-refractivity contribution in [2.24, 2.45) is 0 Å². The molecular weight excluding hydrogens is 561 g/mol. The van der Waals surface area contributed by atoms with Gasteiger partial charge in [-0.25, -0.2) is 23.7 Å². The van der Waals surface area contributed by atoms with Crippen molar-refractivity contribution in [2.75, 3.05) is 25.4 Å². The number of nitrogens with zero attached hydrogens (tertiary/aromatic N) is 6. The molecule has 11 heteroatoms. The molecule has 2 aromatic heterocycles. The number of halogens is 1. The van der Waals surface area contributed by atoms with Crippen LogP contribution in [-0.4, -0.2) is 72.8 Å². The third kappa shape index (κ3) is 6.19. The van der Waals surface area contributed by atoms with Crippen LogP contribution in [0.15, 0.2) is 54.9 Å². The number of fused-ring (bicyclic) bond motifs is 1. The lowest BCUT2D eigenvalue weighted by atomic mass is 9.84. The van der Waals surface area contributed by atoms with Crippen LogP contribution in [0, 0.1) is 5.82 Å². The molecule has 4 aromatic rings. The van der Waals surface area contributed by atoms with Crippen molar-refractivity contribution in [1.82, 2.24) is 29.4 Å². The summed E-state index contributed by atoms with van der Waals surface area (Å²) in [5, 5.41) is 4.49. The number of ether oxygens (including phenoxy) is 2. The van der Waals surface area contributed by atoms with Gasteiger partial charge in [-0.15, -0.1) is 0 Å². The Labute approximate surface area is 257 Å². The number of aromatic nitrogens is 4. The summed E-state index contributed by atoms with van der Waals surface area (Å²) in [6.07, 6.45) is 5.00. The highest BCUT2D eigenvalue weighted by Gasteiger charge is 2.36. The second kappa shape index (κ2) is 12.0. The molecule has 1 aliphatic heterocycles. The summed E-state index contributed by atoms with van der Waals surface area (Å²) in [4.78, 5) is 26.2. The first-order valence-corrected chi connectivity index (χ1v) is 15.3. The summed E-state index contributed by atoms with van der Waals surface area (Å²) in [5.74, 6) is 1.73. The summed E-state index contributed by atoms with van der Waals surface area (Å²) in [6.45, 7) is 10.1. The number of nitrogens with two attached hydrogens (primary N) is 1. The Morgan fingerprint density at radius 1 is 1.02 bits per heavy atom. The standard InChI is InChI=1S/C33H40FN7O3/c1-21-19-39(16-17-40(21)32(42)44-33(2,3)4)23-12-10-22(11-13-23)31-38-28(29-30(35)36-20-37-41(29)31)26-15-14-25(18-27(26)34)43-24-8-6-5-7-9-24/h5-9,14-15,18,20-23H,10-13,16-17,19H2,1-4H3,(H2,35,36,37). The number of piperazine rings is 1. The summed E-state index contributed by atoms with van der Waals surface area (Å²) in [7, 11) is 0. The zero-order valence-electron chi connectivity index (χ0n) is 25.7. The molecule has 1 amide bonds. The number of benzene rings is 2. The minimum Gasteiger partial charge on any atom is -0.457 e. The van der Waals surface area contributed by atoms with E-state index in [1.54, 1.807) is 16.6 Å². The van der Waals surface area contributed by atoms with Gasteiger partial charge in [0.05, 0.1) is 0 Å². The second-order valence-corrected chi connectivity index (χ2v) is 12.8. The van der Waals surface area contributed by atoms with E-state index < -0.39 is 11.4 Å². The maximum absolute atomic E-state index is 15.5. The topological polar surface area (TPSA) is 111 Å². The minimum atomic E-state index is -0.509. The molecule has 1 atom stereocenters. The number of amides is 1. The Bertz CT molecular complexity index is 1630. The van der Waals surface area contributed by atoms with Crippen LogP contribution in [0.5, 0.6) is 11.5 Å². The molecule has 232 valence electrons. The van der Waals surface area contributed by atoms with Gasteiger partial charge < -0.3 is 20.1 Å². The SMILES string of the molecule is CC1CN(C2CCC(c3nc(-c4ccc(Oc5ccccc5)cc4F)c4c(N)ncnn34)CC2)CCN1C(=O)OC(C)(C)C. The van der Waals surface area contributed by atoms with E-state index in [2.05, 4.69) is 21.9 Å². The molecule has 0 spiro atoms. The Hall–Kier alpha value is -4.25. The second-order valence-electron chi connectivity index (χ2n) is 12.8. The van der Waals surface area contributed by atoms with Gasteiger partial charge in [-0.3, -0.25) is 4.90 Å². The van der Waals surface area contributed by atoms with E-state index in [9.17, 15) is 4.79 Å². The van der Waals surface area contributed by atoms with Gasteiger partial charge in [0.25, 0.3) is 0 Å². The number of anilines is 1. The molecule has 1 aliphatic carbocycles. The van der Waals surface area contributed by atoms with Crippen LogP contribution in [-0.2, 0) is 4.74 Å². The molecular formula is C33H40FN7O3. The molecule has 0 radical (unpaired) electrons. The van der Waals surface area contributed by atoms with E-state index in [1.807, 2.05) is 56.0 Å². The molecule has 2 fully saturated rings. The third-order valence-corrected chi connectivity index (χ3v) is 8.53. The Balaban J connectivity index is 1.17. The number of rotatable bonds is 5. The van der Waals surface area contributed by atoms with Gasteiger partial charge in [-0.2, -0.15) is 5.10 Å². The third-order valence-electron chi connectivity index (χ3n) is 8.53. The summed E-state index contributed by atoms with van der Waals surface area (Å²) in [6, 6.07) is 14.5. The Morgan fingerprint density at radius 3 is 2.45 bits per heavy atom. The molecule has 1 saturated carbocycles. The van der Waals surface area contributed by atoms with Crippen LogP contribution in [0.4, 0.5) is 15.0 Å². The fourth-order valence-electron chi connectivity index (χ4n) is 6.41. The zero-order chi connectivity index (χ0) is 31.0. The number of hydrogen-bond donors (Lipinski definition) is 1. The van der Waals surface area contributed by atoms with Crippen molar-refractivity contribution in [1.29, 1.82) is 0 Å². The average Bonchev–Trinajstić information content (AvgIpc) is 3.37.